The Hall–Kier alpha value is -3.73. The van der Waals surface area contributed by atoms with Crippen LogP contribution in [0.25, 0.3) is 22.3 Å². The summed E-state index contributed by atoms with van der Waals surface area (Å²) in [6.07, 6.45) is 5.86. The summed E-state index contributed by atoms with van der Waals surface area (Å²) in [7, 11) is 3.29. The van der Waals surface area contributed by atoms with Gasteiger partial charge in [-0.05, 0) is 49.7 Å². The highest BCUT2D eigenvalue weighted by molar-refractivity contribution is 7.59. The molecule has 0 amide bonds. The van der Waals surface area contributed by atoms with Crippen LogP contribution in [-0.2, 0) is 0 Å². The monoisotopic (exact) mass is 575 g/mol. The quantitative estimate of drug-likeness (QED) is 0.247. The van der Waals surface area contributed by atoms with Gasteiger partial charge in [0.2, 0.25) is 0 Å². The third-order valence-electron chi connectivity index (χ3n) is 7.47. The normalized spacial score (nSPS) is 15.0. The summed E-state index contributed by atoms with van der Waals surface area (Å²) in [6.45, 7) is 4.45. The van der Waals surface area contributed by atoms with Crippen molar-refractivity contribution in [3.63, 3.8) is 0 Å². The third kappa shape index (κ3) is 6.78. The van der Waals surface area contributed by atoms with E-state index in [9.17, 15) is 9.90 Å². The Bertz CT molecular complexity index is 1480. The average molecular weight is 576 g/mol. The number of benzene rings is 2. The molecule has 1 unspecified atom stereocenters. The van der Waals surface area contributed by atoms with Crippen molar-refractivity contribution in [2.75, 3.05) is 45.4 Å². The maximum atomic E-state index is 12.2. The maximum Gasteiger partial charge on any atom is 0.180 e. The summed E-state index contributed by atoms with van der Waals surface area (Å²) in [5.41, 5.74) is 5.29. The molecule has 0 radical (unpaired) electrons. The van der Waals surface area contributed by atoms with Gasteiger partial charge in [-0.3, -0.25) is 19.7 Å². The fourth-order valence-electron chi connectivity index (χ4n) is 5.21. The van der Waals surface area contributed by atoms with Gasteiger partial charge in [0.1, 0.15) is 17.2 Å². The lowest BCUT2D eigenvalue weighted by Gasteiger charge is -2.30. The highest BCUT2D eigenvalue weighted by atomic mass is 32.1. The predicted octanol–water partition coefficient (Wildman–Crippen LogP) is 5.01. The highest BCUT2D eigenvalue weighted by Gasteiger charge is 2.24. The van der Waals surface area contributed by atoms with Crippen LogP contribution in [0.15, 0.2) is 60.9 Å². The van der Waals surface area contributed by atoms with Gasteiger partial charge in [-0.25, -0.2) is 4.98 Å². The fraction of sp³-hybridized carbons (Fsp3) is 0.355. The molecular weight excluding hydrogens is 538 g/mol. The zero-order valence-corrected chi connectivity index (χ0v) is 24.7. The van der Waals surface area contributed by atoms with Crippen molar-refractivity contribution >= 4 is 41.7 Å². The lowest BCUT2D eigenvalue weighted by Crippen LogP contribution is -2.38. The SMILES string of the molecule is CCC(=O)c1cc(-c2cnc3ccc(N(CCN4CCCC4CO)c4cc(OC)cc(OC)c4)cc3n2)ccn1.S. The van der Waals surface area contributed by atoms with E-state index in [1.807, 2.05) is 49.4 Å². The van der Waals surface area contributed by atoms with E-state index < -0.39 is 0 Å². The number of rotatable bonds is 11. The number of methoxy groups -OCH3 is 2. The Morgan fingerprint density at radius 1 is 1.02 bits per heavy atom. The number of aliphatic hydroxyl groups is 1. The molecule has 1 atom stereocenters. The van der Waals surface area contributed by atoms with Crippen molar-refractivity contribution in [1.29, 1.82) is 0 Å². The first-order valence-corrected chi connectivity index (χ1v) is 13.6. The van der Waals surface area contributed by atoms with Crippen molar-refractivity contribution < 1.29 is 19.4 Å². The van der Waals surface area contributed by atoms with Crippen LogP contribution >= 0.6 is 13.5 Å². The second-order valence-corrected chi connectivity index (χ2v) is 9.87. The van der Waals surface area contributed by atoms with E-state index in [-0.39, 0.29) is 31.9 Å². The molecule has 216 valence electrons. The Labute approximate surface area is 247 Å². The van der Waals surface area contributed by atoms with Crippen LogP contribution in [0.4, 0.5) is 11.4 Å². The number of pyridine rings is 1. The summed E-state index contributed by atoms with van der Waals surface area (Å²) < 4.78 is 11.1. The molecule has 2 aromatic heterocycles. The molecule has 5 rings (SSSR count). The number of hydrogen-bond donors (Lipinski definition) is 1. The second kappa shape index (κ2) is 13.8. The van der Waals surface area contributed by atoms with Gasteiger partial charge in [-0.1, -0.05) is 6.92 Å². The minimum absolute atomic E-state index is 0. The first-order chi connectivity index (χ1) is 19.5. The average Bonchev–Trinajstić information content (AvgIpc) is 3.47. The number of hydrogen-bond acceptors (Lipinski definition) is 9. The van der Waals surface area contributed by atoms with Crippen molar-refractivity contribution in [2.24, 2.45) is 0 Å². The molecule has 4 aromatic rings. The number of aliphatic hydroxyl groups excluding tert-OH is 1. The van der Waals surface area contributed by atoms with Gasteiger partial charge in [0.25, 0.3) is 0 Å². The number of ketones is 1. The van der Waals surface area contributed by atoms with Gasteiger partial charge in [0.05, 0.1) is 43.8 Å². The summed E-state index contributed by atoms with van der Waals surface area (Å²) in [5, 5.41) is 9.85. The maximum absolute atomic E-state index is 12.2. The Kier molecular flexibility index (Phi) is 10.1. The van der Waals surface area contributed by atoms with Crippen LogP contribution < -0.4 is 14.4 Å². The van der Waals surface area contributed by atoms with Crippen molar-refractivity contribution in [3.05, 3.63) is 66.6 Å². The van der Waals surface area contributed by atoms with Crippen LogP contribution in [0, 0.1) is 0 Å². The predicted molar refractivity (Wildman–Crippen MR) is 166 cm³/mol. The van der Waals surface area contributed by atoms with Crippen molar-refractivity contribution in [3.8, 4) is 22.8 Å². The van der Waals surface area contributed by atoms with Gasteiger partial charge >= 0.3 is 0 Å². The molecule has 1 saturated heterocycles. The molecule has 10 heteroatoms. The Balaban J connectivity index is 0.00000387. The van der Waals surface area contributed by atoms with E-state index in [2.05, 4.69) is 19.8 Å². The van der Waals surface area contributed by atoms with E-state index in [1.165, 1.54) is 0 Å². The molecule has 3 heterocycles. The topological polar surface area (TPSA) is 101 Å². The summed E-state index contributed by atoms with van der Waals surface area (Å²) >= 11 is 0. The first-order valence-electron chi connectivity index (χ1n) is 13.6. The number of nitrogens with zero attached hydrogens (tertiary/aromatic N) is 5. The lowest BCUT2D eigenvalue weighted by atomic mass is 10.1. The lowest BCUT2D eigenvalue weighted by molar-refractivity contribution is 0.0983. The van der Waals surface area contributed by atoms with Crippen molar-refractivity contribution in [1.82, 2.24) is 19.9 Å². The van der Waals surface area contributed by atoms with E-state index in [0.29, 0.717) is 35.9 Å². The van der Waals surface area contributed by atoms with Crippen LogP contribution in [-0.4, -0.2) is 77.2 Å². The molecule has 1 N–H and O–H groups in total. The summed E-state index contributed by atoms with van der Waals surface area (Å²) in [4.78, 5) is 30.6. The van der Waals surface area contributed by atoms with E-state index in [4.69, 9.17) is 14.5 Å². The molecule has 1 aliphatic rings. The van der Waals surface area contributed by atoms with Crippen LogP contribution in [0.3, 0.4) is 0 Å². The van der Waals surface area contributed by atoms with Crippen molar-refractivity contribution in [2.45, 2.75) is 32.2 Å². The number of carbonyl (C=O) groups excluding carboxylic acids is 1. The van der Waals surface area contributed by atoms with Gasteiger partial charge in [-0.2, -0.15) is 13.5 Å². The molecule has 0 aliphatic carbocycles. The third-order valence-corrected chi connectivity index (χ3v) is 7.47. The Morgan fingerprint density at radius 3 is 2.51 bits per heavy atom. The smallest absolute Gasteiger partial charge is 0.180 e. The molecule has 0 saturated carbocycles. The molecule has 9 nitrogen and oxygen atoms in total. The molecule has 1 aliphatic heterocycles. The number of aromatic nitrogens is 3. The number of likely N-dealkylation sites (tertiary alicyclic amines) is 1. The zero-order chi connectivity index (χ0) is 28.1. The van der Waals surface area contributed by atoms with Gasteiger partial charge in [0, 0.05) is 66.9 Å². The minimum Gasteiger partial charge on any atom is -0.497 e. The van der Waals surface area contributed by atoms with Crippen LogP contribution in [0.5, 0.6) is 11.5 Å². The van der Waals surface area contributed by atoms with Gasteiger partial charge in [-0.15, -0.1) is 0 Å². The molecule has 41 heavy (non-hydrogen) atoms. The molecule has 1 fully saturated rings. The van der Waals surface area contributed by atoms with E-state index in [0.717, 1.165) is 53.9 Å². The summed E-state index contributed by atoms with van der Waals surface area (Å²) in [5.74, 6) is 1.39. The molecule has 0 bridgehead atoms. The van der Waals surface area contributed by atoms with E-state index in [1.54, 1.807) is 32.7 Å². The van der Waals surface area contributed by atoms with Crippen LogP contribution in [0.2, 0.25) is 0 Å². The first kappa shape index (κ1) is 30.2. The molecule has 0 spiro atoms. The highest BCUT2D eigenvalue weighted by Crippen LogP contribution is 2.34. The van der Waals surface area contributed by atoms with Crippen LogP contribution in [0.1, 0.15) is 36.7 Å². The number of Topliss-reactive ketones (excluding diaryl/α,β-unsaturated/α-hetero) is 1. The fourth-order valence-corrected chi connectivity index (χ4v) is 5.21. The van der Waals surface area contributed by atoms with Gasteiger partial charge < -0.3 is 19.5 Å². The van der Waals surface area contributed by atoms with Gasteiger partial charge in [0.15, 0.2) is 5.78 Å². The second-order valence-electron chi connectivity index (χ2n) is 9.87. The standard InChI is InChI=1S/C31H35N5O4.H2S/c1-4-31(38)29-14-21(9-10-32-29)30-19-33-27-8-7-22(17-28(27)34-30)36(13-12-35-11-5-6-23(35)20-37)24-15-25(39-2)18-26(16-24)40-3;/h7-10,14-19,23,37H,4-6,11-13,20H2,1-3H3;1H2. The number of ether oxygens (including phenoxy) is 2. The number of fused-ring (bicyclic) bond motifs is 1. The van der Waals surface area contributed by atoms with E-state index >= 15 is 0 Å². The molecule has 2 aromatic carbocycles. The number of anilines is 2. The Morgan fingerprint density at radius 2 is 1.80 bits per heavy atom. The molecular formula is C31H37N5O4S. The summed E-state index contributed by atoms with van der Waals surface area (Å²) in [6, 6.07) is 15.7. The largest absolute Gasteiger partial charge is 0.497 e. The number of carbonyl (C=O) groups is 1. The zero-order valence-electron chi connectivity index (χ0n) is 23.7. The minimum atomic E-state index is -0.0105.